The molecule has 0 aliphatic carbocycles. The van der Waals surface area contributed by atoms with E-state index in [1.165, 1.54) is 11.8 Å². The highest BCUT2D eigenvalue weighted by Crippen LogP contribution is 2.28. The predicted octanol–water partition coefficient (Wildman–Crippen LogP) is 4.08. The van der Waals surface area contributed by atoms with Gasteiger partial charge in [-0.3, -0.25) is 14.0 Å². The number of rotatable bonds is 4. The van der Waals surface area contributed by atoms with Crippen molar-refractivity contribution in [3.63, 3.8) is 0 Å². The first kappa shape index (κ1) is 21.7. The van der Waals surface area contributed by atoms with Crippen LogP contribution < -0.4 is 5.56 Å². The van der Waals surface area contributed by atoms with E-state index in [-0.39, 0.29) is 16.7 Å². The number of fused-ring (bicyclic) bond motifs is 3. The van der Waals surface area contributed by atoms with Crippen LogP contribution in [0.2, 0.25) is 0 Å². The topological polar surface area (TPSA) is 72.5 Å². The van der Waals surface area contributed by atoms with Gasteiger partial charge in [-0.05, 0) is 56.4 Å². The van der Waals surface area contributed by atoms with Crippen molar-refractivity contribution in [3.8, 4) is 5.69 Å². The second-order valence-electron chi connectivity index (χ2n) is 8.83. The number of hydrogen-bond donors (Lipinski definition) is 0. The maximum absolute atomic E-state index is 13.5. The van der Waals surface area contributed by atoms with Gasteiger partial charge in [0.2, 0.25) is 11.7 Å². The van der Waals surface area contributed by atoms with Crippen molar-refractivity contribution in [2.45, 2.75) is 44.0 Å². The molecular formula is C25H27N5O2S. The molecule has 33 heavy (non-hydrogen) atoms. The molecule has 1 saturated heterocycles. The lowest BCUT2D eigenvalue weighted by Crippen LogP contribution is -2.41. The average molecular weight is 462 g/mol. The molecule has 0 saturated carbocycles. The van der Waals surface area contributed by atoms with Gasteiger partial charge in [-0.2, -0.15) is 0 Å². The van der Waals surface area contributed by atoms with E-state index in [1.54, 1.807) is 4.57 Å². The molecule has 1 unspecified atom stereocenters. The molecule has 7 nitrogen and oxygen atoms in total. The minimum absolute atomic E-state index is 0.125. The molecule has 1 atom stereocenters. The fourth-order valence-electron chi connectivity index (χ4n) is 4.48. The lowest BCUT2D eigenvalue weighted by molar-refractivity contribution is -0.131. The molecule has 170 valence electrons. The third kappa shape index (κ3) is 3.82. The Labute approximate surface area is 196 Å². The zero-order chi connectivity index (χ0) is 23.1. The van der Waals surface area contributed by atoms with E-state index in [9.17, 15) is 9.59 Å². The molecule has 3 heterocycles. The van der Waals surface area contributed by atoms with Crippen molar-refractivity contribution >= 4 is 34.3 Å². The number of carbonyl (C=O) groups excluding carboxylic acids is 1. The van der Waals surface area contributed by atoms with Gasteiger partial charge >= 0.3 is 0 Å². The van der Waals surface area contributed by atoms with Gasteiger partial charge in [0, 0.05) is 13.1 Å². The maximum Gasteiger partial charge on any atom is 0.267 e. The molecule has 1 fully saturated rings. The SMILES string of the molecule is Cc1ccccc1-n1c(=O)c2ccccc2n2c(SC(C)C(=O)N3CCC(C)CC3)nnc12. The molecule has 0 radical (unpaired) electrons. The number of nitrogens with zero attached hydrogens (tertiary/aromatic N) is 5. The molecular weight excluding hydrogens is 434 g/mol. The van der Waals surface area contributed by atoms with E-state index in [1.807, 2.05) is 71.7 Å². The summed E-state index contributed by atoms with van der Waals surface area (Å²) in [6, 6.07) is 15.2. The van der Waals surface area contributed by atoms with Gasteiger partial charge in [0.15, 0.2) is 5.16 Å². The van der Waals surface area contributed by atoms with E-state index in [0.717, 1.165) is 42.7 Å². The first-order valence-corrected chi connectivity index (χ1v) is 12.2. The van der Waals surface area contributed by atoms with E-state index >= 15 is 0 Å². The Hall–Kier alpha value is -3.13. The number of likely N-dealkylation sites (tertiary alicyclic amines) is 1. The molecule has 5 rings (SSSR count). The predicted molar refractivity (Wildman–Crippen MR) is 131 cm³/mol. The Morgan fingerprint density at radius 2 is 1.76 bits per heavy atom. The number of amides is 1. The van der Waals surface area contributed by atoms with Crippen molar-refractivity contribution in [1.29, 1.82) is 0 Å². The zero-order valence-corrected chi connectivity index (χ0v) is 19.9. The highest BCUT2D eigenvalue weighted by molar-refractivity contribution is 8.00. The summed E-state index contributed by atoms with van der Waals surface area (Å²) in [5, 5.41) is 9.73. The molecule has 4 aromatic rings. The Morgan fingerprint density at radius 1 is 1.06 bits per heavy atom. The number of piperidine rings is 1. The van der Waals surface area contributed by atoms with Crippen molar-refractivity contribution in [2.75, 3.05) is 13.1 Å². The monoisotopic (exact) mass is 461 g/mol. The standard InChI is InChI=1S/C25H27N5O2S/c1-16-12-14-28(15-13-16)22(31)18(3)33-25-27-26-24-29(20-10-6-4-8-17(20)2)23(32)19-9-5-7-11-21(19)30(24)25/h4-11,16,18H,12-15H2,1-3H3. The van der Waals surface area contributed by atoms with Crippen molar-refractivity contribution in [2.24, 2.45) is 5.92 Å². The van der Waals surface area contributed by atoms with Gasteiger partial charge < -0.3 is 4.90 Å². The zero-order valence-electron chi connectivity index (χ0n) is 19.1. The maximum atomic E-state index is 13.5. The van der Waals surface area contributed by atoms with E-state index < -0.39 is 0 Å². The summed E-state index contributed by atoms with van der Waals surface area (Å²) in [5.74, 6) is 1.24. The number of para-hydroxylation sites is 2. The summed E-state index contributed by atoms with van der Waals surface area (Å²) >= 11 is 1.39. The van der Waals surface area contributed by atoms with Crippen LogP contribution in [0.5, 0.6) is 0 Å². The summed E-state index contributed by atoms with van der Waals surface area (Å²) < 4.78 is 3.52. The normalized spacial score (nSPS) is 15.9. The Bertz CT molecular complexity index is 1400. The van der Waals surface area contributed by atoms with Crippen LogP contribution in [0.15, 0.2) is 58.5 Å². The molecule has 0 spiro atoms. The van der Waals surface area contributed by atoms with Crippen LogP contribution in [0.4, 0.5) is 0 Å². The molecule has 1 amide bonds. The largest absolute Gasteiger partial charge is 0.342 e. The summed E-state index contributed by atoms with van der Waals surface area (Å²) in [7, 11) is 0. The second kappa shape index (κ2) is 8.67. The average Bonchev–Trinajstić information content (AvgIpc) is 3.23. The first-order chi connectivity index (χ1) is 16.0. The molecule has 2 aromatic carbocycles. The summed E-state index contributed by atoms with van der Waals surface area (Å²) in [5.41, 5.74) is 2.34. The highest BCUT2D eigenvalue weighted by Gasteiger charge is 2.27. The van der Waals surface area contributed by atoms with Crippen LogP contribution >= 0.6 is 11.8 Å². The minimum atomic E-state index is -0.302. The van der Waals surface area contributed by atoms with E-state index in [0.29, 0.717) is 22.2 Å². The van der Waals surface area contributed by atoms with Crippen LogP contribution in [0.3, 0.4) is 0 Å². The van der Waals surface area contributed by atoms with Gasteiger partial charge in [0.05, 0.1) is 21.8 Å². The number of hydrogen-bond acceptors (Lipinski definition) is 5. The molecule has 2 aromatic heterocycles. The van der Waals surface area contributed by atoms with Crippen molar-refractivity contribution < 1.29 is 4.79 Å². The van der Waals surface area contributed by atoms with Crippen LogP contribution in [-0.4, -0.2) is 48.3 Å². The number of thioether (sulfide) groups is 1. The third-order valence-corrected chi connectivity index (χ3v) is 7.51. The minimum Gasteiger partial charge on any atom is -0.342 e. The van der Waals surface area contributed by atoms with Gasteiger partial charge in [-0.25, -0.2) is 4.57 Å². The second-order valence-corrected chi connectivity index (χ2v) is 10.1. The lowest BCUT2D eigenvalue weighted by Gasteiger charge is -2.31. The van der Waals surface area contributed by atoms with Crippen LogP contribution in [-0.2, 0) is 4.79 Å². The summed E-state index contributed by atoms with van der Waals surface area (Å²) in [6.07, 6.45) is 2.09. The summed E-state index contributed by atoms with van der Waals surface area (Å²) in [4.78, 5) is 28.6. The van der Waals surface area contributed by atoms with E-state index in [4.69, 9.17) is 0 Å². The van der Waals surface area contributed by atoms with Gasteiger partial charge in [-0.15, -0.1) is 10.2 Å². The quantitative estimate of drug-likeness (QED) is 0.428. The summed E-state index contributed by atoms with van der Waals surface area (Å²) in [6.45, 7) is 7.75. The van der Waals surface area contributed by atoms with E-state index in [2.05, 4.69) is 17.1 Å². The Balaban J connectivity index is 1.61. The Morgan fingerprint density at radius 3 is 2.52 bits per heavy atom. The first-order valence-electron chi connectivity index (χ1n) is 11.4. The van der Waals surface area contributed by atoms with Crippen LogP contribution in [0, 0.1) is 12.8 Å². The third-order valence-electron chi connectivity index (χ3n) is 6.48. The molecule has 0 bridgehead atoms. The molecule has 1 aliphatic rings. The van der Waals surface area contributed by atoms with Gasteiger partial charge in [-0.1, -0.05) is 49.0 Å². The fourth-order valence-corrected chi connectivity index (χ4v) is 5.42. The fraction of sp³-hybridized carbons (Fsp3) is 0.360. The molecule has 0 N–H and O–H groups in total. The van der Waals surface area contributed by atoms with Crippen molar-refractivity contribution in [1.82, 2.24) is 24.1 Å². The van der Waals surface area contributed by atoms with Gasteiger partial charge in [0.1, 0.15) is 0 Å². The van der Waals surface area contributed by atoms with Crippen LogP contribution in [0.25, 0.3) is 22.4 Å². The van der Waals surface area contributed by atoms with Crippen molar-refractivity contribution in [3.05, 3.63) is 64.4 Å². The number of benzene rings is 2. The smallest absolute Gasteiger partial charge is 0.267 e. The Kier molecular flexibility index (Phi) is 5.70. The van der Waals surface area contributed by atoms with Gasteiger partial charge in [0.25, 0.3) is 5.56 Å². The number of aryl methyl sites for hydroxylation is 1. The lowest BCUT2D eigenvalue weighted by atomic mass is 9.99. The van der Waals surface area contributed by atoms with Crippen LogP contribution in [0.1, 0.15) is 32.3 Å². The molecule has 8 heteroatoms. The molecule has 1 aliphatic heterocycles. The highest BCUT2D eigenvalue weighted by atomic mass is 32.2. The number of carbonyl (C=O) groups is 1. The number of aromatic nitrogens is 4.